The third kappa shape index (κ3) is 3.39. The molecule has 0 spiro atoms. The van der Waals surface area contributed by atoms with Crippen molar-refractivity contribution in [3.8, 4) is 0 Å². The zero-order valence-corrected chi connectivity index (χ0v) is 12.7. The molecule has 0 aromatic carbocycles. The Hall–Kier alpha value is -1.82. The minimum Gasteiger partial charge on any atom is -0.394 e. The van der Waals surface area contributed by atoms with Crippen LogP contribution in [0.2, 0.25) is 5.28 Å². The first-order chi connectivity index (χ1) is 9.47. The molecule has 0 amide bonds. The number of rotatable bonds is 5. The van der Waals surface area contributed by atoms with E-state index in [2.05, 4.69) is 33.4 Å². The number of nitrogens with two attached hydrogens (primary N) is 1. The lowest BCUT2D eigenvalue weighted by Gasteiger charge is -2.10. The Balaban J connectivity index is 1.89. The molecule has 2 aromatic heterocycles. The van der Waals surface area contributed by atoms with Crippen LogP contribution >= 0.6 is 11.6 Å². The maximum absolute atomic E-state index is 5.91. The molecule has 0 saturated carbocycles. The van der Waals surface area contributed by atoms with Crippen LogP contribution < -0.4 is 11.1 Å². The Morgan fingerprint density at radius 3 is 2.70 bits per heavy atom. The summed E-state index contributed by atoms with van der Waals surface area (Å²) >= 11 is 5.82. The molecule has 0 aliphatic rings. The number of anilines is 2. The molecule has 0 saturated heterocycles. The molecule has 0 aliphatic heterocycles. The smallest absolute Gasteiger partial charge is 0.224 e. The lowest BCUT2D eigenvalue weighted by atomic mass is 10.3. The summed E-state index contributed by atoms with van der Waals surface area (Å²) in [5.74, 6) is 0.593. The number of aromatic nitrogens is 4. The van der Waals surface area contributed by atoms with Crippen molar-refractivity contribution in [3.05, 3.63) is 28.4 Å². The normalized spacial score (nSPS) is 10.8. The molecule has 3 N–H and O–H groups in total. The molecule has 20 heavy (non-hydrogen) atoms. The zero-order valence-electron chi connectivity index (χ0n) is 11.9. The highest BCUT2D eigenvalue weighted by atomic mass is 35.5. The fraction of sp³-hybridized carbons (Fsp3) is 0.462. The number of aryl methyl sites for hydroxylation is 4. The fourth-order valence-electron chi connectivity index (χ4n) is 2.02. The first-order valence-electron chi connectivity index (χ1n) is 6.52. The van der Waals surface area contributed by atoms with Crippen LogP contribution in [0.4, 0.5) is 11.5 Å². The van der Waals surface area contributed by atoms with E-state index in [1.54, 1.807) is 0 Å². The van der Waals surface area contributed by atoms with Crippen LogP contribution in [0.3, 0.4) is 0 Å². The number of nitrogens with one attached hydrogen (secondary N) is 1. The van der Waals surface area contributed by atoms with Crippen molar-refractivity contribution >= 4 is 23.1 Å². The number of nitrogen functional groups attached to an aromatic ring is 1. The van der Waals surface area contributed by atoms with Gasteiger partial charge in [-0.15, -0.1) is 0 Å². The van der Waals surface area contributed by atoms with Crippen LogP contribution in [0.15, 0.2) is 6.07 Å². The fourth-order valence-corrected chi connectivity index (χ4v) is 2.23. The Labute approximate surface area is 123 Å². The Bertz CT molecular complexity index is 607. The minimum absolute atomic E-state index is 0.206. The van der Waals surface area contributed by atoms with Crippen LogP contribution in [0, 0.1) is 20.8 Å². The van der Waals surface area contributed by atoms with Crippen molar-refractivity contribution in [3.63, 3.8) is 0 Å². The predicted molar refractivity (Wildman–Crippen MR) is 81.0 cm³/mol. The van der Waals surface area contributed by atoms with Gasteiger partial charge in [-0.05, 0) is 44.9 Å². The van der Waals surface area contributed by atoms with E-state index in [-0.39, 0.29) is 5.28 Å². The monoisotopic (exact) mass is 294 g/mol. The van der Waals surface area contributed by atoms with Crippen LogP contribution in [0.1, 0.15) is 23.5 Å². The Morgan fingerprint density at radius 1 is 1.30 bits per heavy atom. The van der Waals surface area contributed by atoms with Crippen molar-refractivity contribution in [2.24, 2.45) is 0 Å². The first-order valence-corrected chi connectivity index (χ1v) is 6.89. The molecule has 7 heteroatoms. The van der Waals surface area contributed by atoms with E-state index in [1.807, 2.05) is 18.5 Å². The van der Waals surface area contributed by atoms with Crippen LogP contribution in [0.5, 0.6) is 0 Å². The van der Waals surface area contributed by atoms with Gasteiger partial charge in [0.1, 0.15) is 0 Å². The van der Waals surface area contributed by atoms with Crippen molar-refractivity contribution < 1.29 is 0 Å². The predicted octanol–water partition coefficient (Wildman–Crippen LogP) is 2.34. The van der Waals surface area contributed by atoms with Gasteiger partial charge in [-0.1, -0.05) is 0 Å². The van der Waals surface area contributed by atoms with Crippen molar-refractivity contribution in [2.75, 3.05) is 17.6 Å². The number of nitrogens with zero attached hydrogens (tertiary/aromatic N) is 4. The molecule has 0 unspecified atom stereocenters. The van der Waals surface area contributed by atoms with Gasteiger partial charge in [0.2, 0.25) is 5.28 Å². The highest BCUT2D eigenvalue weighted by molar-refractivity contribution is 6.28. The summed E-state index contributed by atoms with van der Waals surface area (Å²) in [6.07, 6.45) is 0.919. The van der Waals surface area contributed by atoms with Gasteiger partial charge in [0.15, 0.2) is 5.82 Å². The van der Waals surface area contributed by atoms with Gasteiger partial charge in [-0.2, -0.15) is 10.1 Å². The molecular weight excluding hydrogens is 276 g/mol. The quantitative estimate of drug-likeness (QED) is 0.653. The zero-order chi connectivity index (χ0) is 14.7. The molecular formula is C13H19ClN6. The molecule has 0 atom stereocenters. The highest BCUT2D eigenvalue weighted by Gasteiger charge is 2.07. The lowest BCUT2D eigenvalue weighted by Crippen LogP contribution is -2.12. The maximum atomic E-state index is 5.91. The molecule has 0 bridgehead atoms. The van der Waals surface area contributed by atoms with E-state index in [0.717, 1.165) is 25.2 Å². The van der Waals surface area contributed by atoms with Gasteiger partial charge in [-0.3, -0.25) is 4.68 Å². The van der Waals surface area contributed by atoms with Gasteiger partial charge in [0.05, 0.1) is 17.1 Å². The van der Waals surface area contributed by atoms with Gasteiger partial charge < -0.3 is 11.1 Å². The summed E-state index contributed by atoms with van der Waals surface area (Å²) < 4.78 is 2.00. The maximum Gasteiger partial charge on any atom is 0.224 e. The second-order valence-corrected chi connectivity index (χ2v) is 5.11. The Morgan fingerprint density at radius 2 is 2.05 bits per heavy atom. The number of hydrogen-bond acceptors (Lipinski definition) is 5. The third-order valence-electron chi connectivity index (χ3n) is 3.05. The third-order valence-corrected chi connectivity index (χ3v) is 3.22. The molecule has 108 valence electrons. The molecule has 2 aromatic rings. The van der Waals surface area contributed by atoms with Gasteiger partial charge >= 0.3 is 0 Å². The van der Waals surface area contributed by atoms with Gasteiger partial charge in [0, 0.05) is 18.8 Å². The summed E-state index contributed by atoms with van der Waals surface area (Å²) in [6.45, 7) is 7.46. The topological polar surface area (TPSA) is 81.7 Å². The van der Waals surface area contributed by atoms with E-state index in [0.29, 0.717) is 17.2 Å². The average Bonchev–Trinajstić information content (AvgIpc) is 2.69. The van der Waals surface area contributed by atoms with Gasteiger partial charge in [0.25, 0.3) is 0 Å². The molecule has 0 aliphatic carbocycles. The molecule has 2 rings (SSSR count). The summed E-state index contributed by atoms with van der Waals surface area (Å²) in [5, 5.41) is 7.81. The molecule has 0 fully saturated rings. The molecule has 6 nitrogen and oxygen atoms in total. The lowest BCUT2D eigenvalue weighted by molar-refractivity contribution is 0.573. The van der Waals surface area contributed by atoms with E-state index in [4.69, 9.17) is 17.3 Å². The second kappa shape index (κ2) is 6.09. The van der Waals surface area contributed by atoms with Crippen LogP contribution in [-0.2, 0) is 6.54 Å². The SMILES string of the molecule is Cc1cc(C)n(CCCNc2nc(Cl)nc(C)c2N)n1. The van der Waals surface area contributed by atoms with Crippen molar-refractivity contribution in [1.29, 1.82) is 0 Å². The Kier molecular flexibility index (Phi) is 4.44. The second-order valence-electron chi connectivity index (χ2n) is 4.77. The summed E-state index contributed by atoms with van der Waals surface area (Å²) in [7, 11) is 0. The largest absolute Gasteiger partial charge is 0.394 e. The standard InChI is InChI=1S/C13H19ClN6/c1-8-7-9(2)20(19-8)6-4-5-16-12-11(15)10(3)17-13(14)18-12/h7H,4-6,15H2,1-3H3,(H,16,17,18). The van der Waals surface area contributed by atoms with E-state index >= 15 is 0 Å². The van der Waals surface area contributed by atoms with Crippen molar-refractivity contribution in [2.45, 2.75) is 33.7 Å². The minimum atomic E-state index is 0.206. The van der Waals surface area contributed by atoms with E-state index in [9.17, 15) is 0 Å². The average molecular weight is 295 g/mol. The van der Waals surface area contributed by atoms with E-state index < -0.39 is 0 Å². The first kappa shape index (κ1) is 14.6. The molecule has 2 heterocycles. The van der Waals surface area contributed by atoms with Crippen LogP contribution in [0.25, 0.3) is 0 Å². The summed E-state index contributed by atoms with van der Waals surface area (Å²) in [5.41, 5.74) is 9.35. The molecule has 0 radical (unpaired) electrons. The number of halogens is 1. The highest BCUT2D eigenvalue weighted by Crippen LogP contribution is 2.20. The van der Waals surface area contributed by atoms with Crippen molar-refractivity contribution in [1.82, 2.24) is 19.7 Å². The van der Waals surface area contributed by atoms with E-state index in [1.165, 1.54) is 5.69 Å². The summed E-state index contributed by atoms with van der Waals surface area (Å²) in [4.78, 5) is 8.09. The van der Waals surface area contributed by atoms with Crippen LogP contribution in [-0.4, -0.2) is 26.3 Å². The summed E-state index contributed by atoms with van der Waals surface area (Å²) in [6, 6.07) is 2.07. The van der Waals surface area contributed by atoms with Gasteiger partial charge in [-0.25, -0.2) is 4.98 Å². The number of hydrogen-bond donors (Lipinski definition) is 2.